The van der Waals surface area contributed by atoms with Crippen molar-refractivity contribution in [2.75, 3.05) is 6.61 Å². The molecule has 0 aliphatic carbocycles. The first-order valence-corrected chi connectivity index (χ1v) is 12.9. The Hall–Kier alpha value is 0.708. The van der Waals surface area contributed by atoms with Crippen LogP contribution in [0.25, 0.3) is 0 Å². The normalized spacial score (nSPS) is 40.2. The van der Waals surface area contributed by atoms with Gasteiger partial charge in [0.05, 0.1) is 0 Å². The zero-order valence-electron chi connectivity index (χ0n) is 11.1. The van der Waals surface area contributed by atoms with Gasteiger partial charge in [0.25, 0.3) is 0 Å². The molecule has 2 fully saturated rings. The van der Waals surface area contributed by atoms with E-state index in [2.05, 4.69) is 11.4 Å². The van der Waals surface area contributed by atoms with Crippen molar-refractivity contribution in [2.24, 2.45) is 0 Å². The molecule has 2 aliphatic heterocycles. The van der Waals surface area contributed by atoms with Gasteiger partial charge in [-0.05, 0) is 0 Å². The van der Waals surface area contributed by atoms with Crippen LogP contribution in [0.5, 0.6) is 0 Å². The monoisotopic (exact) mass is 340 g/mol. The fourth-order valence-corrected chi connectivity index (χ4v) is 7.83. The predicted molar refractivity (Wildman–Crippen MR) is 70.7 cm³/mol. The molecule has 7 heteroatoms. The molecule has 0 spiro atoms. The molecule has 0 aromatic rings. The Morgan fingerprint density at radius 2 is 2.00 bits per heavy atom. The molecule has 0 aromatic carbocycles. The van der Waals surface area contributed by atoms with Crippen molar-refractivity contribution < 1.29 is 24.4 Å². The molecular weight excluding hydrogens is 319 g/mol. The van der Waals surface area contributed by atoms with Gasteiger partial charge in [0.15, 0.2) is 0 Å². The van der Waals surface area contributed by atoms with Gasteiger partial charge in [0, 0.05) is 0 Å². The summed E-state index contributed by atoms with van der Waals surface area (Å²) >= 11 is -0.966. The van der Waals surface area contributed by atoms with E-state index in [0.717, 1.165) is 0 Å². The van der Waals surface area contributed by atoms with E-state index in [1.807, 2.05) is 0 Å². The maximum absolute atomic E-state index is 10.3. The molecule has 2 aliphatic rings. The second-order valence-corrected chi connectivity index (χ2v) is 14.5. The second-order valence-electron chi connectivity index (χ2n) is 5.20. The molecule has 5 unspecified atom stereocenters. The average Bonchev–Trinajstić information content (AvgIpc) is 2.70. The van der Waals surface area contributed by atoms with Crippen molar-refractivity contribution in [3.05, 3.63) is 0 Å². The minimum absolute atomic E-state index is 0.00214. The summed E-state index contributed by atoms with van der Waals surface area (Å²) < 4.78 is 17.0. The van der Waals surface area contributed by atoms with E-state index in [4.69, 9.17) is 14.2 Å². The summed E-state index contributed by atoms with van der Waals surface area (Å²) in [4.78, 5) is 0. The van der Waals surface area contributed by atoms with Crippen LogP contribution in [0, 0.1) is 0 Å². The molecule has 5 atom stereocenters. The molecule has 5 nitrogen and oxygen atoms in total. The summed E-state index contributed by atoms with van der Waals surface area (Å²) in [6.45, 7) is 3.61. The number of rotatable bonds is 4. The van der Waals surface area contributed by atoms with Crippen LogP contribution in [0.3, 0.4) is 0 Å². The van der Waals surface area contributed by atoms with Gasteiger partial charge in [-0.1, -0.05) is 0 Å². The van der Waals surface area contributed by atoms with Gasteiger partial charge in [-0.25, -0.2) is 0 Å². The number of hydrogen-bond donors (Lipinski definition) is 2. The van der Waals surface area contributed by atoms with Gasteiger partial charge in [0.2, 0.25) is 0 Å². The quantitative estimate of drug-likeness (QED) is 0.730. The molecule has 18 heavy (non-hydrogen) atoms. The predicted octanol–water partition coefficient (Wildman–Crippen LogP) is 0.569. The Kier molecular flexibility index (Phi) is 4.70. The molecule has 0 amide bonds. The van der Waals surface area contributed by atoms with Crippen LogP contribution < -0.4 is 0 Å². The molecule has 2 saturated heterocycles. The Morgan fingerprint density at radius 3 is 2.50 bits per heavy atom. The second kappa shape index (κ2) is 5.60. The van der Waals surface area contributed by atoms with Gasteiger partial charge in [-0.3, -0.25) is 0 Å². The van der Waals surface area contributed by atoms with E-state index in [1.165, 1.54) is 0 Å². The Balaban J connectivity index is 2.02. The standard InChI is InChI=1S/C11H21AsO5S/c1-11(2)16-9-7(14)8(15-10(9)17-11)6(5-13)18-12(3)4/h6-10,13-14H,5H2,1-4H3. The van der Waals surface area contributed by atoms with Crippen molar-refractivity contribution in [3.8, 4) is 0 Å². The molecule has 106 valence electrons. The maximum atomic E-state index is 10.3. The molecule has 2 rings (SSSR count). The third-order valence-electron chi connectivity index (χ3n) is 2.95. The van der Waals surface area contributed by atoms with Gasteiger partial charge >= 0.3 is 115 Å². The van der Waals surface area contributed by atoms with Crippen LogP contribution in [-0.2, 0) is 14.2 Å². The van der Waals surface area contributed by atoms with E-state index in [1.54, 1.807) is 23.9 Å². The van der Waals surface area contributed by atoms with Crippen LogP contribution in [0.1, 0.15) is 13.8 Å². The third kappa shape index (κ3) is 3.06. The summed E-state index contributed by atoms with van der Waals surface area (Å²) in [5.41, 5.74) is 4.39. The number of ether oxygens (including phenoxy) is 3. The zero-order valence-corrected chi connectivity index (χ0v) is 13.8. The Morgan fingerprint density at radius 1 is 1.33 bits per heavy atom. The van der Waals surface area contributed by atoms with E-state index in [-0.39, 0.29) is 11.9 Å². The fraction of sp³-hybridized carbons (Fsp3) is 1.00. The summed E-state index contributed by atoms with van der Waals surface area (Å²) in [6, 6.07) is 0. The zero-order chi connectivity index (χ0) is 13.5. The third-order valence-corrected chi connectivity index (χ3v) is 8.41. The number of aliphatic hydroxyl groups is 2. The van der Waals surface area contributed by atoms with Gasteiger partial charge < -0.3 is 0 Å². The number of aliphatic hydroxyl groups excluding tert-OH is 2. The van der Waals surface area contributed by atoms with Gasteiger partial charge in [-0.2, -0.15) is 0 Å². The first kappa shape index (κ1) is 15.1. The summed E-state index contributed by atoms with van der Waals surface area (Å²) in [5.74, 6) is -0.712. The Labute approximate surface area is 115 Å². The molecule has 0 radical (unpaired) electrons. The molecule has 0 bridgehead atoms. The van der Waals surface area contributed by atoms with Gasteiger partial charge in [-0.15, -0.1) is 0 Å². The first-order valence-electron chi connectivity index (χ1n) is 5.98. The topological polar surface area (TPSA) is 68.2 Å². The molecule has 0 aromatic heterocycles. The first-order chi connectivity index (χ1) is 8.34. The summed E-state index contributed by atoms with van der Waals surface area (Å²) in [7, 11) is 1.74. The van der Waals surface area contributed by atoms with Gasteiger partial charge in [0.1, 0.15) is 0 Å². The van der Waals surface area contributed by atoms with Crippen LogP contribution in [0.2, 0.25) is 11.4 Å². The van der Waals surface area contributed by atoms with E-state index in [9.17, 15) is 10.2 Å². The minimum atomic E-state index is -0.966. The molecule has 2 N–H and O–H groups in total. The van der Waals surface area contributed by atoms with Crippen molar-refractivity contribution in [1.29, 1.82) is 0 Å². The van der Waals surface area contributed by atoms with Crippen LogP contribution in [0.15, 0.2) is 0 Å². The van der Waals surface area contributed by atoms with E-state index >= 15 is 0 Å². The van der Waals surface area contributed by atoms with Crippen molar-refractivity contribution in [2.45, 2.75) is 60.9 Å². The summed E-state index contributed by atoms with van der Waals surface area (Å²) in [6.07, 6.45) is -2.13. The van der Waals surface area contributed by atoms with Crippen LogP contribution in [-0.4, -0.2) is 66.0 Å². The SMILES string of the molecule is C[As](C)SC(CO)C1OC2OC(C)(C)OC2C1O. The number of hydrogen-bond acceptors (Lipinski definition) is 6. The van der Waals surface area contributed by atoms with Crippen molar-refractivity contribution in [3.63, 3.8) is 0 Å². The van der Waals surface area contributed by atoms with E-state index in [0.29, 0.717) is 0 Å². The fourth-order valence-electron chi connectivity index (χ4n) is 2.29. The molecule has 0 saturated carbocycles. The van der Waals surface area contributed by atoms with E-state index < -0.39 is 43.9 Å². The van der Waals surface area contributed by atoms with Crippen LogP contribution in [0.4, 0.5) is 0 Å². The van der Waals surface area contributed by atoms with Crippen LogP contribution >= 0.6 is 10.0 Å². The summed E-state index contributed by atoms with van der Waals surface area (Å²) in [5, 5.41) is 19.6. The molecule has 2 heterocycles. The van der Waals surface area contributed by atoms with Crippen molar-refractivity contribution >= 4 is 23.5 Å². The Bertz CT molecular complexity index is 301. The number of fused-ring (bicyclic) bond motifs is 1. The average molecular weight is 340 g/mol. The van der Waals surface area contributed by atoms with Crippen molar-refractivity contribution in [1.82, 2.24) is 0 Å². The molecular formula is C11H21AsO5S.